The summed E-state index contributed by atoms with van der Waals surface area (Å²) in [5.41, 5.74) is 0.787. The average Bonchev–Trinajstić information content (AvgIpc) is 2.91. The maximum Gasteiger partial charge on any atom is 0.336 e. The van der Waals surface area contributed by atoms with Crippen molar-refractivity contribution < 1.29 is 13.9 Å². The molecule has 0 aliphatic rings. The molecular weight excluding hydrogens is 304 g/mol. The zero-order chi connectivity index (χ0) is 15.5. The number of hydrogen-bond donors (Lipinski definition) is 1. The molecule has 1 aromatic carbocycles. The van der Waals surface area contributed by atoms with E-state index < -0.39 is 5.63 Å². The van der Waals surface area contributed by atoms with E-state index in [0.717, 1.165) is 5.39 Å². The van der Waals surface area contributed by atoms with Crippen LogP contribution < -0.4 is 15.7 Å². The molecule has 6 nitrogen and oxygen atoms in total. The molecule has 22 heavy (non-hydrogen) atoms. The van der Waals surface area contributed by atoms with Crippen LogP contribution in [0.1, 0.15) is 12.6 Å². The maximum atomic E-state index is 11.2. The van der Waals surface area contributed by atoms with E-state index >= 15 is 0 Å². The van der Waals surface area contributed by atoms with Crippen molar-refractivity contribution in [2.45, 2.75) is 13.5 Å². The Hall–Kier alpha value is -2.67. The summed E-state index contributed by atoms with van der Waals surface area (Å²) in [6, 6.07) is 8.35. The number of hydrogen-bond acceptors (Lipinski definition) is 6. The van der Waals surface area contributed by atoms with E-state index in [-0.39, 0.29) is 12.5 Å². The van der Waals surface area contributed by atoms with Gasteiger partial charge in [0.15, 0.2) is 5.13 Å². The summed E-state index contributed by atoms with van der Waals surface area (Å²) in [6.07, 6.45) is 0. The van der Waals surface area contributed by atoms with Crippen molar-refractivity contribution in [1.82, 2.24) is 4.98 Å². The van der Waals surface area contributed by atoms with Gasteiger partial charge in [0.1, 0.15) is 17.9 Å². The standard InChI is InChI=1S/C15H12N2O4S/c1-9(18)16-15-17-11(8-22-15)7-20-12-4-2-10-3-5-14(19)21-13(10)6-12/h2-6,8H,7H2,1H3,(H,16,17,18). The Morgan fingerprint density at radius 1 is 1.36 bits per heavy atom. The third kappa shape index (κ3) is 3.32. The molecule has 2 heterocycles. The molecule has 1 amide bonds. The molecule has 3 aromatic rings. The number of carbonyl (C=O) groups excluding carboxylic acids is 1. The molecule has 1 N–H and O–H groups in total. The molecule has 0 spiro atoms. The lowest BCUT2D eigenvalue weighted by Gasteiger charge is -2.05. The topological polar surface area (TPSA) is 81.4 Å². The first-order valence-corrected chi connectivity index (χ1v) is 7.37. The minimum atomic E-state index is -0.399. The summed E-state index contributed by atoms with van der Waals surface area (Å²) in [4.78, 5) is 26.4. The second kappa shape index (κ2) is 5.98. The molecular formula is C15H12N2O4S. The van der Waals surface area contributed by atoms with Gasteiger partial charge in [0.05, 0.1) is 5.69 Å². The number of benzene rings is 1. The van der Waals surface area contributed by atoms with Gasteiger partial charge in [-0.05, 0) is 18.2 Å². The van der Waals surface area contributed by atoms with Gasteiger partial charge in [-0.15, -0.1) is 11.3 Å². The maximum absolute atomic E-state index is 11.2. The van der Waals surface area contributed by atoms with Crippen LogP contribution in [-0.2, 0) is 11.4 Å². The molecule has 7 heteroatoms. The second-order valence-corrected chi connectivity index (χ2v) is 5.43. The number of aromatic nitrogens is 1. The van der Waals surface area contributed by atoms with Crippen LogP contribution in [0.2, 0.25) is 0 Å². The first-order chi connectivity index (χ1) is 10.6. The predicted molar refractivity (Wildman–Crippen MR) is 83.2 cm³/mol. The van der Waals surface area contributed by atoms with Gasteiger partial charge in [0, 0.05) is 29.8 Å². The number of rotatable bonds is 4. The van der Waals surface area contributed by atoms with Gasteiger partial charge < -0.3 is 14.5 Å². The smallest absolute Gasteiger partial charge is 0.336 e. The van der Waals surface area contributed by atoms with Crippen LogP contribution in [0.5, 0.6) is 5.75 Å². The first-order valence-electron chi connectivity index (χ1n) is 6.49. The van der Waals surface area contributed by atoms with Gasteiger partial charge in [0.2, 0.25) is 5.91 Å². The zero-order valence-corrected chi connectivity index (χ0v) is 12.5. The van der Waals surface area contributed by atoms with Crippen LogP contribution in [0, 0.1) is 0 Å². The normalized spacial score (nSPS) is 10.6. The highest BCUT2D eigenvalue weighted by molar-refractivity contribution is 7.13. The van der Waals surface area contributed by atoms with Crippen molar-refractivity contribution in [3.8, 4) is 5.75 Å². The SMILES string of the molecule is CC(=O)Nc1nc(COc2ccc3ccc(=O)oc3c2)cs1. The van der Waals surface area contributed by atoms with Crippen LogP contribution in [0.4, 0.5) is 5.13 Å². The van der Waals surface area contributed by atoms with E-state index in [0.29, 0.717) is 22.2 Å². The molecule has 0 bridgehead atoms. The van der Waals surface area contributed by atoms with E-state index in [1.807, 2.05) is 11.4 Å². The Bertz CT molecular complexity index is 884. The van der Waals surface area contributed by atoms with E-state index in [4.69, 9.17) is 9.15 Å². The fourth-order valence-electron chi connectivity index (χ4n) is 1.87. The quantitative estimate of drug-likeness (QED) is 0.749. The number of carbonyl (C=O) groups is 1. The lowest BCUT2D eigenvalue weighted by molar-refractivity contribution is -0.114. The molecule has 2 aromatic heterocycles. The van der Waals surface area contributed by atoms with Crippen LogP contribution in [0.15, 0.2) is 44.9 Å². The Balaban J connectivity index is 1.72. The van der Waals surface area contributed by atoms with Crippen molar-refractivity contribution >= 4 is 33.3 Å². The van der Waals surface area contributed by atoms with Crippen LogP contribution in [0.25, 0.3) is 11.0 Å². The Morgan fingerprint density at radius 2 is 2.18 bits per heavy atom. The van der Waals surface area contributed by atoms with Gasteiger partial charge in [-0.3, -0.25) is 4.79 Å². The molecule has 0 saturated carbocycles. The monoisotopic (exact) mass is 316 g/mol. The summed E-state index contributed by atoms with van der Waals surface area (Å²) in [5.74, 6) is 0.419. The average molecular weight is 316 g/mol. The number of fused-ring (bicyclic) bond motifs is 1. The Kier molecular flexibility index (Phi) is 3.88. The lowest BCUT2D eigenvalue weighted by atomic mass is 10.2. The first kappa shape index (κ1) is 14.3. The molecule has 0 aliphatic carbocycles. The largest absolute Gasteiger partial charge is 0.487 e. The van der Waals surface area contributed by atoms with Gasteiger partial charge >= 0.3 is 5.63 Å². The number of thiazole rings is 1. The Labute approximate surface area is 129 Å². The highest BCUT2D eigenvalue weighted by Gasteiger charge is 2.05. The minimum Gasteiger partial charge on any atom is -0.487 e. The third-order valence-corrected chi connectivity index (χ3v) is 3.62. The molecule has 0 atom stereocenters. The van der Waals surface area contributed by atoms with Gasteiger partial charge in [-0.25, -0.2) is 9.78 Å². The van der Waals surface area contributed by atoms with Crippen molar-refractivity contribution in [3.63, 3.8) is 0 Å². The minimum absolute atomic E-state index is 0.161. The number of ether oxygens (including phenoxy) is 1. The van der Waals surface area contributed by atoms with Crippen LogP contribution >= 0.6 is 11.3 Å². The summed E-state index contributed by atoms with van der Waals surface area (Å²) in [5, 5.41) is 5.79. The summed E-state index contributed by atoms with van der Waals surface area (Å²) >= 11 is 1.33. The summed E-state index contributed by atoms with van der Waals surface area (Å²) in [6.45, 7) is 1.69. The fraction of sp³-hybridized carbons (Fsp3) is 0.133. The number of nitrogens with zero attached hydrogens (tertiary/aromatic N) is 1. The van der Waals surface area contributed by atoms with E-state index in [1.165, 1.54) is 24.3 Å². The fourth-order valence-corrected chi connectivity index (χ4v) is 2.61. The predicted octanol–water partition coefficient (Wildman–Crippen LogP) is 2.79. The molecule has 0 fully saturated rings. The lowest BCUT2D eigenvalue weighted by Crippen LogP contribution is -2.05. The molecule has 0 aliphatic heterocycles. The van der Waals surface area contributed by atoms with Crippen molar-refractivity contribution in [2.24, 2.45) is 0 Å². The molecule has 0 radical (unpaired) electrons. The number of nitrogens with one attached hydrogen (secondary N) is 1. The summed E-state index contributed by atoms with van der Waals surface area (Å²) < 4.78 is 10.7. The highest BCUT2D eigenvalue weighted by Crippen LogP contribution is 2.21. The highest BCUT2D eigenvalue weighted by atomic mass is 32.1. The van der Waals surface area contributed by atoms with E-state index in [2.05, 4.69) is 10.3 Å². The molecule has 0 unspecified atom stereocenters. The molecule has 0 saturated heterocycles. The molecule has 112 valence electrons. The number of amides is 1. The second-order valence-electron chi connectivity index (χ2n) is 4.57. The van der Waals surface area contributed by atoms with Crippen molar-refractivity contribution in [3.05, 3.63) is 51.8 Å². The van der Waals surface area contributed by atoms with Crippen LogP contribution in [0.3, 0.4) is 0 Å². The molecule has 3 rings (SSSR count). The van der Waals surface area contributed by atoms with Crippen molar-refractivity contribution in [2.75, 3.05) is 5.32 Å². The zero-order valence-electron chi connectivity index (χ0n) is 11.7. The number of anilines is 1. The third-order valence-electron chi connectivity index (χ3n) is 2.82. The van der Waals surface area contributed by atoms with Gasteiger partial charge in [-0.1, -0.05) is 0 Å². The van der Waals surface area contributed by atoms with Gasteiger partial charge in [0.25, 0.3) is 0 Å². The van der Waals surface area contributed by atoms with E-state index in [1.54, 1.807) is 18.2 Å². The van der Waals surface area contributed by atoms with Gasteiger partial charge in [-0.2, -0.15) is 0 Å². The van der Waals surface area contributed by atoms with E-state index in [9.17, 15) is 9.59 Å². The van der Waals surface area contributed by atoms with Crippen molar-refractivity contribution in [1.29, 1.82) is 0 Å². The summed E-state index contributed by atoms with van der Waals surface area (Å²) in [7, 11) is 0. The Morgan fingerprint density at radius 3 is 3.00 bits per heavy atom. The van der Waals surface area contributed by atoms with Crippen LogP contribution in [-0.4, -0.2) is 10.9 Å².